The van der Waals surface area contributed by atoms with Gasteiger partial charge in [0.15, 0.2) is 0 Å². The molecule has 0 saturated heterocycles. The number of carbonyl (C=O) groups is 1. The van der Waals surface area contributed by atoms with Gasteiger partial charge in [-0.3, -0.25) is 0 Å². The van der Waals surface area contributed by atoms with Crippen LogP contribution in [0.2, 0.25) is 0 Å². The largest absolute Gasteiger partial charge is 0.473 e. The molecule has 0 saturated carbocycles. The summed E-state index contributed by atoms with van der Waals surface area (Å²) in [5, 5.41) is 0. The van der Waals surface area contributed by atoms with Gasteiger partial charge in [-0.1, -0.05) is 50.3 Å². The summed E-state index contributed by atoms with van der Waals surface area (Å²) < 4.78 is 60.5. The Bertz CT molecular complexity index is 1140. The van der Waals surface area contributed by atoms with Crippen molar-refractivity contribution in [1.82, 2.24) is 4.98 Å². The highest BCUT2D eigenvalue weighted by atomic mass is 19.4. The lowest BCUT2D eigenvalue weighted by molar-refractivity contribution is -0.137. The second-order valence-corrected chi connectivity index (χ2v) is 7.73. The summed E-state index contributed by atoms with van der Waals surface area (Å²) in [5.41, 5.74) is 2.35. The van der Waals surface area contributed by atoms with E-state index in [1.807, 2.05) is 44.2 Å². The number of hydrogen-bond acceptors (Lipinski definition) is 4. The van der Waals surface area contributed by atoms with Gasteiger partial charge in [0.05, 0.1) is 17.7 Å². The Morgan fingerprint density at radius 2 is 1.76 bits per heavy atom. The van der Waals surface area contributed by atoms with E-state index in [4.69, 9.17) is 9.47 Å². The van der Waals surface area contributed by atoms with E-state index in [2.05, 4.69) is 11.1 Å². The first-order valence-electron chi connectivity index (χ1n) is 12.1. The van der Waals surface area contributed by atoms with E-state index in [0.717, 1.165) is 48.2 Å². The predicted octanol–water partition coefficient (Wildman–Crippen LogP) is 8.28. The Kier molecular flexibility index (Phi) is 11.8. The van der Waals surface area contributed by atoms with E-state index in [1.165, 1.54) is 18.2 Å². The standard InChI is InChI=1S/C14H15FO2.C13H10F3NO.C2H6/c1-2-17-14(16)12-7-11(8-13(15)9-12)10-5-3-4-6-10;14-13(15,16)11-6-7-12(17-8-11)18-9-10-4-2-1-3-5-10;1-2/h5,7-9H,2-4,6H2,1H3;1-8H,9H2;1-2H3. The summed E-state index contributed by atoms with van der Waals surface area (Å²) in [7, 11) is 0. The fraction of sp³-hybridized carbons (Fsp3) is 0.310. The minimum absolute atomic E-state index is 0.173. The van der Waals surface area contributed by atoms with Crippen molar-refractivity contribution in [2.75, 3.05) is 6.61 Å². The van der Waals surface area contributed by atoms with Gasteiger partial charge in [0.25, 0.3) is 0 Å². The Labute approximate surface area is 215 Å². The summed E-state index contributed by atoms with van der Waals surface area (Å²) >= 11 is 0. The molecule has 0 bridgehead atoms. The second-order valence-electron chi connectivity index (χ2n) is 7.73. The molecular weight excluding hydrogens is 486 g/mol. The van der Waals surface area contributed by atoms with Gasteiger partial charge in [0.1, 0.15) is 12.4 Å². The summed E-state index contributed by atoms with van der Waals surface area (Å²) in [6, 6.07) is 15.9. The van der Waals surface area contributed by atoms with Crippen molar-refractivity contribution in [2.24, 2.45) is 0 Å². The first kappa shape index (κ1) is 29.5. The van der Waals surface area contributed by atoms with E-state index >= 15 is 0 Å². The zero-order valence-corrected chi connectivity index (χ0v) is 21.1. The van der Waals surface area contributed by atoms with Crippen molar-refractivity contribution < 1.29 is 31.8 Å². The molecule has 1 aliphatic rings. The number of carbonyl (C=O) groups excluding carboxylic acids is 1. The first-order chi connectivity index (χ1) is 17.8. The second kappa shape index (κ2) is 14.8. The number of hydrogen-bond donors (Lipinski definition) is 0. The van der Waals surface area contributed by atoms with Gasteiger partial charge in [-0.2, -0.15) is 13.2 Å². The van der Waals surface area contributed by atoms with Crippen molar-refractivity contribution in [1.29, 1.82) is 0 Å². The minimum Gasteiger partial charge on any atom is -0.473 e. The van der Waals surface area contributed by atoms with Crippen molar-refractivity contribution in [3.63, 3.8) is 0 Å². The van der Waals surface area contributed by atoms with Gasteiger partial charge in [0, 0.05) is 12.3 Å². The number of esters is 1. The van der Waals surface area contributed by atoms with Crippen LogP contribution < -0.4 is 4.74 Å². The lowest BCUT2D eigenvalue weighted by atomic mass is 10.0. The predicted molar refractivity (Wildman–Crippen MR) is 136 cm³/mol. The molecule has 0 amide bonds. The number of nitrogens with zero attached hydrogens (tertiary/aromatic N) is 1. The molecule has 8 heteroatoms. The van der Waals surface area contributed by atoms with Crippen LogP contribution in [0.1, 0.15) is 67.1 Å². The van der Waals surface area contributed by atoms with Gasteiger partial charge >= 0.3 is 12.1 Å². The molecule has 0 radical (unpaired) electrons. The molecule has 0 unspecified atom stereocenters. The minimum atomic E-state index is -4.37. The molecule has 198 valence electrons. The van der Waals surface area contributed by atoms with E-state index in [0.29, 0.717) is 6.61 Å². The number of benzene rings is 2. The summed E-state index contributed by atoms with van der Waals surface area (Å²) in [4.78, 5) is 15.2. The quantitative estimate of drug-likeness (QED) is 0.244. The van der Waals surface area contributed by atoms with Gasteiger partial charge < -0.3 is 9.47 Å². The van der Waals surface area contributed by atoms with Crippen LogP contribution >= 0.6 is 0 Å². The molecular formula is C29H31F4NO3. The zero-order chi connectivity index (χ0) is 27.3. The number of allylic oxidation sites excluding steroid dienone is 2. The highest BCUT2D eigenvalue weighted by molar-refractivity contribution is 5.90. The van der Waals surface area contributed by atoms with Crippen LogP contribution in [0.4, 0.5) is 17.6 Å². The normalized spacial score (nSPS) is 12.4. The van der Waals surface area contributed by atoms with Gasteiger partial charge in [-0.25, -0.2) is 14.2 Å². The topological polar surface area (TPSA) is 48.4 Å². The lowest BCUT2D eigenvalue weighted by Gasteiger charge is -2.08. The Morgan fingerprint density at radius 1 is 1.03 bits per heavy atom. The fourth-order valence-electron chi connectivity index (χ4n) is 3.41. The highest BCUT2D eigenvalue weighted by Gasteiger charge is 2.30. The summed E-state index contributed by atoms with van der Waals surface area (Å²) in [5.74, 6) is -0.683. The van der Waals surface area contributed by atoms with Crippen LogP contribution in [0.3, 0.4) is 0 Å². The number of pyridine rings is 1. The number of ether oxygens (including phenoxy) is 2. The average Bonchev–Trinajstić information content (AvgIpc) is 3.45. The monoisotopic (exact) mass is 517 g/mol. The third-order valence-corrected chi connectivity index (χ3v) is 5.11. The molecule has 4 rings (SSSR count). The number of halogens is 4. The number of aromatic nitrogens is 1. The van der Waals surface area contributed by atoms with Crippen molar-refractivity contribution in [3.8, 4) is 5.88 Å². The maximum Gasteiger partial charge on any atom is 0.417 e. The Morgan fingerprint density at radius 3 is 2.32 bits per heavy atom. The van der Waals surface area contributed by atoms with Crippen LogP contribution in [0.15, 0.2) is 72.9 Å². The molecule has 0 spiro atoms. The zero-order valence-electron chi connectivity index (χ0n) is 21.1. The average molecular weight is 518 g/mol. The maximum atomic E-state index is 13.4. The van der Waals surface area contributed by atoms with Gasteiger partial charge in [-0.05, 0) is 67.2 Å². The summed E-state index contributed by atoms with van der Waals surface area (Å²) in [6.07, 6.45) is 1.57. The number of alkyl halides is 3. The molecule has 1 aliphatic carbocycles. The van der Waals surface area contributed by atoms with Crippen LogP contribution in [0, 0.1) is 5.82 Å². The van der Waals surface area contributed by atoms with Crippen molar-refractivity contribution >= 4 is 11.5 Å². The molecule has 0 atom stereocenters. The smallest absolute Gasteiger partial charge is 0.417 e. The molecule has 0 N–H and O–H groups in total. The molecule has 0 aliphatic heterocycles. The summed E-state index contributed by atoms with van der Waals surface area (Å²) in [6.45, 7) is 6.31. The third kappa shape index (κ3) is 9.71. The van der Waals surface area contributed by atoms with Crippen molar-refractivity contribution in [2.45, 2.75) is 52.8 Å². The van der Waals surface area contributed by atoms with Crippen LogP contribution in [0.5, 0.6) is 5.88 Å². The molecule has 1 heterocycles. The molecule has 2 aromatic carbocycles. The Hall–Kier alpha value is -3.68. The Balaban J connectivity index is 0.000000244. The van der Waals surface area contributed by atoms with Gasteiger partial charge in [0.2, 0.25) is 5.88 Å². The number of rotatable bonds is 6. The van der Waals surface area contributed by atoms with Gasteiger partial charge in [-0.15, -0.1) is 0 Å². The third-order valence-electron chi connectivity index (χ3n) is 5.11. The molecule has 3 aromatic rings. The molecule has 37 heavy (non-hydrogen) atoms. The molecule has 0 fully saturated rings. The van der Waals surface area contributed by atoms with Crippen LogP contribution in [0.25, 0.3) is 5.57 Å². The first-order valence-corrected chi connectivity index (χ1v) is 12.1. The van der Waals surface area contributed by atoms with E-state index in [9.17, 15) is 22.4 Å². The molecule has 1 aromatic heterocycles. The van der Waals surface area contributed by atoms with Crippen LogP contribution in [-0.4, -0.2) is 17.6 Å². The SMILES string of the molecule is CC.CCOC(=O)c1cc(F)cc(C2=CCCC2)c1.FC(F)(F)c1ccc(OCc2ccccc2)nc1. The van der Waals surface area contributed by atoms with E-state index in [1.54, 1.807) is 13.0 Å². The maximum absolute atomic E-state index is 13.4. The van der Waals surface area contributed by atoms with E-state index in [-0.39, 0.29) is 18.1 Å². The fourth-order valence-corrected chi connectivity index (χ4v) is 3.41. The van der Waals surface area contributed by atoms with Crippen molar-refractivity contribution in [3.05, 3.63) is 101 Å². The van der Waals surface area contributed by atoms with E-state index < -0.39 is 23.5 Å². The lowest BCUT2D eigenvalue weighted by Crippen LogP contribution is -2.05. The molecule has 4 nitrogen and oxygen atoms in total. The highest BCUT2D eigenvalue weighted by Crippen LogP contribution is 2.30. The van der Waals surface area contributed by atoms with Crippen LogP contribution in [-0.2, 0) is 17.5 Å².